The first-order valence-electron chi connectivity index (χ1n) is 5.91. The van der Waals surface area contributed by atoms with Crippen molar-refractivity contribution < 1.29 is 33.9 Å². The number of ether oxygens (including phenoxy) is 2. The normalized spacial score (nSPS) is 11.3. The maximum atomic E-state index is 11.1. The Balaban J connectivity index is 3.70. The van der Waals surface area contributed by atoms with Crippen LogP contribution in [0.5, 0.6) is 0 Å². The Labute approximate surface area is 112 Å². The first kappa shape index (κ1) is 17.2. The van der Waals surface area contributed by atoms with Gasteiger partial charge in [0.15, 0.2) is 0 Å². The molecule has 0 unspecified atom stereocenters. The molecule has 7 nitrogen and oxygen atoms in total. The summed E-state index contributed by atoms with van der Waals surface area (Å²) in [6.07, 6.45) is 2.45. The largest absolute Gasteiger partial charge is 0.505 e. The van der Waals surface area contributed by atoms with Crippen molar-refractivity contribution in [3.05, 3.63) is 12.3 Å². The summed E-state index contributed by atoms with van der Waals surface area (Å²) >= 11 is 0. The zero-order valence-corrected chi connectivity index (χ0v) is 11.4. The lowest BCUT2D eigenvalue weighted by Crippen LogP contribution is -2.23. The molecule has 1 N–H and O–H groups in total. The molecule has 0 aliphatic heterocycles. The molecule has 19 heavy (non-hydrogen) atoms. The average Bonchev–Trinajstić information content (AvgIpc) is 2.30. The van der Waals surface area contributed by atoms with Crippen molar-refractivity contribution in [2.75, 3.05) is 13.2 Å². The molecule has 0 fully saturated rings. The highest BCUT2D eigenvalue weighted by molar-refractivity contribution is 5.81. The second-order valence-electron chi connectivity index (χ2n) is 4.27. The van der Waals surface area contributed by atoms with E-state index in [1.165, 1.54) is 0 Å². The molecule has 0 amide bonds. The summed E-state index contributed by atoms with van der Waals surface area (Å²) in [5.41, 5.74) is -0.432. The first-order valence-corrected chi connectivity index (χ1v) is 5.91. The summed E-state index contributed by atoms with van der Waals surface area (Å²) in [6.45, 7) is 5.39. The van der Waals surface area contributed by atoms with Crippen LogP contribution < -0.4 is 0 Å². The molecule has 0 radical (unpaired) electrons. The molecule has 0 aromatic heterocycles. The van der Waals surface area contributed by atoms with E-state index < -0.39 is 17.7 Å². The number of rotatable bonds is 9. The second kappa shape index (κ2) is 9.21. The van der Waals surface area contributed by atoms with Gasteiger partial charge in [-0.05, 0) is 20.3 Å². The molecule has 0 spiro atoms. The highest BCUT2D eigenvalue weighted by Gasteiger charge is 2.18. The van der Waals surface area contributed by atoms with Crippen LogP contribution in [0, 0.1) is 0 Å². The molecular formula is C12H20O7. The molecular weight excluding hydrogens is 256 g/mol. The van der Waals surface area contributed by atoms with Crippen LogP contribution in [0.3, 0.4) is 0 Å². The van der Waals surface area contributed by atoms with Crippen molar-refractivity contribution in [1.82, 2.24) is 0 Å². The van der Waals surface area contributed by atoms with Crippen LogP contribution in [-0.4, -0.2) is 36.0 Å². The molecule has 0 aromatic rings. The van der Waals surface area contributed by atoms with Gasteiger partial charge >= 0.3 is 12.1 Å². The monoisotopic (exact) mass is 276 g/mol. The third-order valence-corrected chi connectivity index (χ3v) is 1.94. The molecule has 0 bridgehead atoms. The fourth-order valence-corrected chi connectivity index (χ4v) is 1.20. The maximum absolute atomic E-state index is 11.1. The van der Waals surface area contributed by atoms with E-state index in [1.54, 1.807) is 0 Å². The van der Waals surface area contributed by atoms with Gasteiger partial charge in [-0.2, -0.15) is 4.89 Å². The van der Waals surface area contributed by atoms with Crippen LogP contribution in [0.4, 0.5) is 4.79 Å². The van der Waals surface area contributed by atoms with Crippen LogP contribution in [0.1, 0.15) is 33.6 Å². The predicted octanol–water partition coefficient (Wildman–Crippen LogP) is 2.26. The van der Waals surface area contributed by atoms with E-state index in [9.17, 15) is 9.59 Å². The first-order chi connectivity index (χ1) is 8.87. The predicted molar refractivity (Wildman–Crippen MR) is 65.2 cm³/mol. The standard InChI is InChI=1S/C12H20O7/c1-4-6-12(2,3)19-18-7-5-10(13)16-8-9-17-11(14)15/h5,7H,4,6,8-9H2,1-3H3,(H,14,15). The van der Waals surface area contributed by atoms with Crippen molar-refractivity contribution in [3.8, 4) is 0 Å². The maximum Gasteiger partial charge on any atom is 0.505 e. The number of hydrogen-bond donors (Lipinski definition) is 1. The molecule has 0 atom stereocenters. The van der Waals surface area contributed by atoms with Gasteiger partial charge in [-0.1, -0.05) is 13.3 Å². The quantitative estimate of drug-likeness (QED) is 0.172. The Morgan fingerprint density at radius 3 is 2.42 bits per heavy atom. The van der Waals surface area contributed by atoms with Gasteiger partial charge in [0, 0.05) is 0 Å². The van der Waals surface area contributed by atoms with Crippen LogP contribution in [0.15, 0.2) is 12.3 Å². The van der Waals surface area contributed by atoms with Gasteiger partial charge in [-0.15, -0.1) is 0 Å². The topological polar surface area (TPSA) is 91.3 Å². The summed E-state index contributed by atoms with van der Waals surface area (Å²) in [6, 6.07) is 0. The van der Waals surface area contributed by atoms with E-state index in [1.807, 2.05) is 20.8 Å². The van der Waals surface area contributed by atoms with E-state index in [2.05, 4.69) is 9.47 Å². The Hall–Kier alpha value is -1.76. The summed E-state index contributed by atoms with van der Waals surface area (Å²) in [7, 11) is 0. The molecule has 0 aliphatic carbocycles. The lowest BCUT2D eigenvalue weighted by atomic mass is 10.0. The summed E-state index contributed by atoms with van der Waals surface area (Å²) in [5, 5.41) is 8.16. The third kappa shape index (κ3) is 11.1. The smallest absolute Gasteiger partial charge is 0.459 e. The number of hydrogen-bond acceptors (Lipinski definition) is 6. The fraction of sp³-hybridized carbons (Fsp3) is 0.667. The van der Waals surface area contributed by atoms with Crippen LogP contribution in [0.2, 0.25) is 0 Å². The molecule has 0 aliphatic rings. The van der Waals surface area contributed by atoms with Gasteiger partial charge in [0.25, 0.3) is 0 Å². The van der Waals surface area contributed by atoms with Crippen LogP contribution in [-0.2, 0) is 24.0 Å². The van der Waals surface area contributed by atoms with Crippen LogP contribution >= 0.6 is 0 Å². The molecule has 0 rings (SSSR count). The van der Waals surface area contributed by atoms with Crippen molar-refractivity contribution >= 4 is 12.1 Å². The molecule has 0 saturated carbocycles. The van der Waals surface area contributed by atoms with Gasteiger partial charge in [-0.25, -0.2) is 9.59 Å². The summed E-state index contributed by atoms with van der Waals surface area (Å²) in [4.78, 5) is 30.9. The van der Waals surface area contributed by atoms with Gasteiger partial charge in [0.1, 0.15) is 25.1 Å². The van der Waals surface area contributed by atoms with Gasteiger partial charge in [-0.3, -0.25) is 0 Å². The van der Waals surface area contributed by atoms with E-state index in [4.69, 9.17) is 14.9 Å². The lowest BCUT2D eigenvalue weighted by Gasteiger charge is -2.21. The zero-order chi connectivity index (χ0) is 14.7. The van der Waals surface area contributed by atoms with Crippen molar-refractivity contribution in [2.45, 2.75) is 39.2 Å². The Morgan fingerprint density at radius 1 is 1.21 bits per heavy atom. The number of carbonyl (C=O) groups is 2. The van der Waals surface area contributed by atoms with E-state index >= 15 is 0 Å². The zero-order valence-electron chi connectivity index (χ0n) is 11.4. The average molecular weight is 276 g/mol. The van der Waals surface area contributed by atoms with Crippen molar-refractivity contribution in [3.63, 3.8) is 0 Å². The highest BCUT2D eigenvalue weighted by Crippen LogP contribution is 2.16. The van der Waals surface area contributed by atoms with Crippen molar-refractivity contribution in [1.29, 1.82) is 0 Å². The highest BCUT2D eigenvalue weighted by atomic mass is 17.2. The Kier molecular flexibility index (Phi) is 8.35. The minimum Gasteiger partial charge on any atom is -0.459 e. The summed E-state index contributed by atoms with van der Waals surface area (Å²) < 4.78 is 8.77. The molecule has 0 saturated heterocycles. The molecule has 7 heteroatoms. The molecule has 0 heterocycles. The lowest BCUT2D eigenvalue weighted by molar-refractivity contribution is -0.317. The Morgan fingerprint density at radius 2 is 1.84 bits per heavy atom. The number of carbonyl (C=O) groups excluding carboxylic acids is 1. The second-order valence-corrected chi connectivity index (χ2v) is 4.27. The Bertz CT molecular complexity index is 309. The van der Waals surface area contributed by atoms with E-state index in [0.717, 1.165) is 25.2 Å². The minimum absolute atomic E-state index is 0.155. The van der Waals surface area contributed by atoms with Gasteiger partial charge in [0.2, 0.25) is 0 Å². The fourth-order valence-electron chi connectivity index (χ4n) is 1.20. The van der Waals surface area contributed by atoms with Gasteiger partial charge in [0.05, 0.1) is 6.08 Å². The SMILES string of the molecule is CCCC(C)(C)OOC=CC(=O)OCCOC(=O)O. The number of carboxylic acid groups (broad SMARTS) is 1. The minimum atomic E-state index is -1.42. The van der Waals surface area contributed by atoms with E-state index in [-0.39, 0.29) is 13.2 Å². The van der Waals surface area contributed by atoms with Crippen molar-refractivity contribution in [2.24, 2.45) is 0 Å². The number of esters is 1. The molecule has 0 aromatic carbocycles. The van der Waals surface area contributed by atoms with E-state index in [0.29, 0.717) is 0 Å². The third-order valence-electron chi connectivity index (χ3n) is 1.94. The summed E-state index contributed by atoms with van der Waals surface area (Å²) in [5.74, 6) is -0.675. The molecule has 110 valence electrons. The van der Waals surface area contributed by atoms with Crippen LogP contribution in [0.25, 0.3) is 0 Å². The van der Waals surface area contributed by atoms with Gasteiger partial charge < -0.3 is 19.5 Å².